The van der Waals surface area contributed by atoms with Crippen molar-refractivity contribution in [2.24, 2.45) is 0 Å². The van der Waals surface area contributed by atoms with Crippen LogP contribution in [0.2, 0.25) is 0 Å². The minimum absolute atomic E-state index is 0.0502. The number of carbonyl (C=O) groups excluding carboxylic acids is 1. The van der Waals surface area contributed by atoms with E-state index in [4.69, 9.17) is 0 Å². The van der Waals surface area contributed by atoms with Crippen molar-refractivity contribution in [2.45, 2.75) is 58.0 Å². The fourth-order valence-corrected chi connectivity index (χ4v) is 4.31. The summed E-state index contributed by atoms with van der Waals surface area (Å²) in [5, 5.41) is 12.7. The SMILES string of the molecule is O=C(NCc1nnc2n1CCCC2)c1ccc2[nH]c3c(c2c1)CCCC3. The van der Waals surface area contributed by atoms with Crippen molar-refractivity contribution in [3.8, 4) is 0 Å². The number of nitrogens with one attached hydrogen (secondary N) is 2. The second-order valence-electron chi connectivity index (χ2n) is 7.37. The molecule has 0 saturated heterocycles. The Morgan fingerprint density at radius 2 is 2.00 bits per heavy atom. The third-order valence-corrected chi connectivity index (χ3v) is 5.70. The van der Waals surface area contributed by atoms with Gasteiger partial charge in [-0.3, -0.25) is 4.79 Å². The van der Waals surface area contributed by atoms with Crippen LogP contribution in [0.1, 0.15) is 58.9 Å². The summed E-state index contributed by atoms with van der Waals surface area (Å²) in [6.07, 6.45) is 8.00. The van der Waals surface area contributed by atoms with Gasteiger partial charge in [-0.05, 0) is 62.3 Å². The lowest BCUT2D eigenvalue weighted by Gasteiger charge is -2.15. The van der Waals surface area contributed by atoms with E-state index in [1.807, 2.05) is 18.2 Å². The maximum atomic E-state index is 12.7. The van der Waals surface area contributed by atoms with Crippen LogP contribution in [0.25, 0.3) is 10.9 Å². The number of aryl methyl sites for hydroxylation is 3. The predicted molar refractivity (Wildman–Crippen MR) is 99.1 cm³/mol. The number of amides is 1. The van der Waals surface area contributed by atoms with Gasteiger partial charge in [-0.25, -0.2) is 0 Å². The lowest BCUT2D eigenvalue weighted by molar-refractivity contribution is 0.0949. The predicted octanol–water partition coefficient (Wildman–Crippen LogP) is 2.90. The number of H-pyrrole nitrogens is 1. The van der Waals surface area contributed by atoms with Crippen molar-refractivity contribution in [3.05, 3.63) is 46.7 Å². The van der Waals surface area contributed by atoms with Crippen molar-refractivity contribution in [2.75, 3.05) is 0 Å². The van der Waals surface area contributed by atoms with Gasteiger partial charge in [-0.1, -0.05) is 0 Å². The van der Waals surface area contributed by atoms with Gasteiger partial charge in [0.15, 0.2) is 5.82 Å². The molecule has 5 rings (SSSR count). The molecule has 1 amide bonds. The van der Waals surface area contributed by atoms with E-state index in [-0.39, 0.29) is 5.91 Å². The molecule has 0 spiro atoms. The van der Waals surface area contributed by atoms with Crippen molar-refractivity contribution < 1.29 is 4.79 Å². The van der Waals surface area contributed by atoms with Gasteiger partial charge in [0.05, 0.1) is 6.54 Å². The molecule has 0 atom stereocenters. The van der Waals surface area contributed by atoms with Crippen LogP contribution in [0.5, 0.6) is 0 Å². The maximum absolute atomic E-state index is 12.7. The van der Waals surface area contributed by atoms with Crippen LogP contribution in [0.3, 0.4) is 0 Å². The van der Waals surface area contributed by atoms with Gasteiger partial charge >= 0.3 is 0 Å². The van der Waals surface area contributed by atoms with E-state index in [2.05, 4.69) is 25.1 Å². The summed E-state index contributed by atoms with van der Waals surface area (Å²) < 4.78 is 2.15. The summed E-state index contributed by atoms with van der Waals surface area (Å²) in [5.74, 6) is 1.85. The Bertz CT molecular complexity index is 984. The van der Waals surface area contributed by atoms with Crippen LogP contribution in [0.4, 0.5) is 0 Å². The molecule has 0 unspecified atom stereocenters. The smallest absolute Gasteiger partial charge is 0.251 e. The molecule has 0 radical (unpaired) electrons. The molecule has 2 aliphatic rings. The number of benzene rings is 1. The fourth-order valence-electron chi connectivity index (χ4n) is 4.31. The van der Waals surface area contributed by atoms with Crippen LogP contribution in [-0.4, -0.2) is 25.7 Å². The van der Waals surface area contributed by atoms with E-state index >= 15 is 0 Å². The van der Waals surface area contributed by atoms with Gasteiger partial charge in [0, 0.05) is 35.1 Å². The van der Waals surface area contributed by atoms with Crippen molar-refractivity contribution in [1.29, 1.82) is 0 Å². The molecule has 6 heteroatoms. The number of rotatable bonds is 3. The molecule has 2 N–H and O–H groups in total. The largest absolute Gasteiger partial charge is 0.358 e. The van der Waals surface area contributed by atoms with E-state index < -0.39 is 0 Å². The number of fused-ring (bicyclic) bond motifs is 4. The van der Waals surface area contributed by atoms with Crippen molar-refractivity contribution >= 4 is 16.8 Å². The summed E-state index contributed by atoms with van der Waals surface area (Å²) >= 11 is 0. The van der Waals surface area contributed by atoms with E-state index in [1.165, 1.54) is 35.9 Å². The molecule has 1 aliphatic heterocycles. The van der Waals surface area contributed by atoms with Gasteiger partial charge in [-0.2, -0.15) is 0 Å². The minimum atomic E-state index is -0.0502. The number of carbonyl (C=O) groups is 1. The Balaban J connectivity index is 1.36. The molecule has 0 saturated carbocycles. The molecule has 2 aromatic heterocycles. The lowest BCUT2D eigenvalue weighted by Crippen LogP contribution is -2.25. The van der Waals surface area contributed by atoms with Gasteiger partial charge < -0.3 is 14.9 Å². The normalized spacial score (nSPS) is 16.3. The zero-order valence-corrected chi connectivity index (χ0v) is 14.8. The summed E-state index contributed by atoms with van der Waals surface area (Å²) in [7, 11) is 0. The molecule has 0 bridgehead atoms. The Kier molecular flexibility index (Phi) is 3.76. The zero-order chi connectivity index (χ0) is 17.5. The van der Waals surface area contributed by atoms with Crippen LogP contribution >= 0.6 is 0 Å². The second-order valence-corrected chi connectivity index (χ2v) is 7.37. The summed E-state index contributed by atoms with van der Waals surface area (Å²) in [5.41, 5.74) is 4.59. The highest BCUT2D eigenvalue weighted by atomic mass is 16.1. The summed E-state index contributed by atoms with van der Waals surface area (Å²) in [6.45, 7) is 1.38. The Labute approximate surface area is 152 Å². The van der Waals surface area contributed by atoms with Crippen LogP contribution in [-0.2, 0) is 32.4 Å². The van der Waals surface area contributed by atoms with Crippen molar-refractivity contribution in [1.82, 2.24) is 25.1 Å². The van der Waals surface area contributed by atoms with Crippen LogP contribution in [0.15, 0.2) is 18.2 Å². The monoisotopic (exact) mass is 349 g/mol. The summed E-state index contributed by atoms with van der Waals surface area (Å²) in [6, 6.07) is 5.96. The first kappa shape index (κ1) is 15.6. The molecule has 1 aromatic carbocycles. The van der Waals surface area contributed by atoms with Gasteiger partial charge in [-0.15, -0.1) is 10.2 Å². The average molecular weight is 349 g/mol. The highest BCUT2D eigenvalue weighted by molar-refractivity contribution is 5.99. The summed E-state index contributed by atoms with van der Waals surface area (Å²) in [4.78, 5) is 16.2. The van der Waals surface area contributed by atoms with Crippen molar-refractivity contribution in [3.63, 3.8) is 0 Å². The Morgan fingerprint density at radius 3 is 2.96 bits per heavy atom. The van der Waals surface area contributed by atoms with Gasteiger partial charge in [0.1, 0.15) is 5.82 Å². The Hall–Kier alpha value is -2.63. The number of hydrogen-bond acceptors (Lipinski definition) is 3. The molecular formula is C20H23N5O. The molecule has 134 valence electrons. The fraction of sp³-hybridized carbons (Fsp3) is 0.450. The second kappa shape index (κ2) is 6.27. The molecule has 3 aromatic rings. The average Bonchev–Trinajstić information content (AvgIpc) is 3.27. The molecule has 6 nitrogen and oxygen atoms in total. The Morgan fingerprint density at radius 1 is 1.12 bits per heavy atom. The van der Waals surface area contributed by atoms with Gasteiger partial charge in [0.25, 0.3) is 5.91 Å². The van der Waals surface area contributed by atoms with E-state index in [0.29, 0.717) is 12.1 Å². The van der Waals surface area contributed by atoms with E-state index in [0.717, 1.165) is 49.4 Å². The molecule has 26 heavy (non-hydrogen) atoms. The maximum Gasteiger partial charge on any atom is 0.251 e. The number of aromatic amines is 1. The topological polar surface area (TPSA) is 75.6 Å². The van der Waals surface area contributed by atoms with Gasteiger partial charge in [0.2, 0.25) is 0 Å². The highest BCUT2D eigenvalue weighted by Gasteiger charge is 2.18. The van der Waals surface area contributed by atoms with Crippen LogP contribution in [0, 0.1) is 0 Å². The molecule has 0 fully saturated rings. The number of hydrogen-bond donors (Lipinski definition) is 2. The third kappa shape index (κ3) is 2.60. The quantitative estimate of drug-likeness (QED) is 0.763. The number of aromatic nitrogens is 4. The standard InChI is InChI=1S/C20H23N5O/c26-20(21-12-19-24-23-18-7-3-4-10-25(18)19)13-8-9-17-15(11-13)14-5-1-2-6-16(14)22-17/h8-9,11,22H,1-7,10,12H2,(H,21,26). The lowest BCUT2D eigenvalue weighted by atomic mass is 9.95. The molecule has 1 aliphatic carbocycles. The van der Waals surface area contributed by atoms with E-state index in [9.17, 15) is 4.79 Å². The molecule has 3 heterocycles. The first-order chi connectivity index (χ1) is 12.8. The third-order valence-electron chi connectivity index (χ3n) is 5.70. The van der Waals surface area contributed by atoms with Crippen LogP contribution < -0.4 is 5.32 Å². The first-order valence-electron chi connectivity index (χ1n) is 9.62. The molecular weight excluding hydrogens is 326 g/mol. The van der Waals surface area contributed by atoms with E-state index in [1.54, 1.807) is 0 Å². The first-order valence-corrected chi connectivity index (χ1v) is 9.62. The minimum Gasteiger partial charge on any atom is -0.358 e. The number of nitrogens with zero attached hydrogens (tertiary/aromatic N) is 3. The zero-order valence-electron chi connectivity index (χ0n) is 14.8. The highest BCUT2D eigenvalue weighted by Crippen LogP contribution is 2.29.